The summed E-state index contributed by atoms with van der Waals surface area (Å²) in [6.45, 7) is 0. The standard InChI is InChI=1S/C49H33N3/c1-4-13-34(14-5-1)37-23-28-40(29-24-37)47-50-48(41-30-25-38(26-31-41)35-15-6-2-7-16-35)52-49(51-47)45-22-12-21-44(39-18-8-3-9-19-39)46(45)43-32-27-36-17-10-11-20-42(36)33-43/h1-33H. The third-order valence-electron chi connectivity index (χ3n) is 9.56. The van der Waals surface area contributed by atoms with E-state index in [0.717, 1.165) is 50.1 Å². The van der Waals surface area contributed by atoms with Gasteiger partial charge in [-0.3, -0.25) is 0 Å². The van der Waals surface area contributed by atoms with E-state index in [2.05, 4.69) is 188 Å². The molecule has 0 spiro atoms. The van der Waals surface area contributed by atoms with Crippen LogP contribution in [0.5, 0.6) is 0 Å². The molecule has 0 amide bonds. The van der Waals surface area contributed by atoms with Crippen molar-refractivity contribution in [3.63, 3.8) is 0 Å². The molecule has 0 fully saturated rings. The zero-order valence-electron chi connectivity index (χ0n) is 28.4. The van der Waals surface area contributed by atoms with Crippen LogP contribution in [0, 0.1) is 0 Å². The van der Waals surface area contributed by atoms with Crippen LogP contribution in [-0.4, -0.2) is 15.0 Å². The third kappa shape index (κ3) is 6.17. The molecule has 0 saturated heterocycles. The van der Waals surface area contributed by atoms with Crippen molar-refractivity contribution in [2.24, 2.45) is 0 Å². The fourth-order valence-corrected chi connectivity index (χ4v) is 6.89. The fraction of sp³-hybridized carbons (Fsp3) is 0. The maximum atomic E-state index is 5.23. The van der Waals surface area contributed by atoms with Crippen molar-refractivity contribution in [3.8, 4) is 78.7 Å². The van der Waals surface area contributed by atoms with Crippen molar-refractivity contribution >= 4 is 10.8 Å². The summed E-state index contributed by atoms with van der Waals surface area (Å²) in [7, 11) is 0. The van der Waals surface area contributed by atoms with Crippen molar-refractivity contribution in [3.05, 3.63) is 200 Å². The Morgan fingerprint density at radius 1 is 0.231 bits per heavy atom. The van der Waals surface area contributed by atoms with Gasteiger partial charge in [-0.1, -0.05) is 194 Å². The summed E-state index contributed by atoms with van der Waals surface area (Å²) in [6, 6.07) is 70.0. The Morgan fingerprint density at radius 2 is 0.635 bits per heavy atom. The lowest BCUT2D eigenvalue weighted by molar-refractivity contribution is 1.07. The largest absolute Gasteiger partial charge is 0.208 e. The number of aromatic nitrogens is 3. The summed E-state index contributed by atoms with van der Waals surface area (Å²) in [6.07, 6.45) is 0. The average molecular weight is 664 g/mol. The molecule has 1 heterocycles. The Labute approximate surface area is 303 Å². The van der Waals surface area contributed by atoms with Crippen LogP contribution in [0.4, 0.5) is 0 Å². The Balaban J connectivity index is 1.24. The van der Waals surface area contributed by atoms with Gasteiger partial charge in [-0.05, 0) is 55.8 Å². The first-order valence-corrected chi connectivity index (χ1v) is 17.5. The van der Waals surface area contributed by atoms with Gasteiger partial charge in [0.1, 0.15) is 0 Å². The number of rotatable bonds is 7. The molecule has 0 unspecified atom stereocenters. The Hall–Kier alpha value is -6.97. The highest BCUT2D eigenvalue weighted by Crippen LogP contribution is 2.41. The van der Waals surface area contributed by atoms with Gasteiger partial charge in [0.15, 0.2) is 17.5 Å². The molecule has 0 radical (unpaired) electrons. The molecule has 52 heavy (non-hydrogen) atoms. The van der Waals surface area contributed by atoms with E-state index in [-0.39, 0.29) is 0 Å². The normalized spacial score (nSPS) is 11.1. The first kappa shape index (κ1) is 31.0. The van der Waals surface area contributed by atoms with Gasteiger partial charge in [-0.25, -0.2) is 15.0 Å². The highest BCUT2D eigenvalue weighted by Gasteiger charge is 2.19. The van der Waals surface area contributed by atoms with Gasteiger partial charge in [0.2, 0.25) is 0 Å². The molecule has 9 aromatic rings. The predicted octanol–water partition coefficient (Wildman–Crippen LogP) is 12.7. The Morgan fingerprint density at radius 3 is 1.19 bits per heavy atom. The van der Waals surface area contributed by atoms with E-state index in [4.69, 9.17) is 15.0 Å². The van der Waals surface area contributed by atoms with Gasteiger partial charge in [0, 0.05) is 22.3 Å². The smallest absolute Gasteiger partial charge is 0.164 e. The number of fused-ring (bicyclic) bond motifs is 1. The second-order valence-corrected chi connectivity index (χ2v) is 12.8. The van der Waals surface area contributed by atoms with Gasteiger partial charge in [0.25, 0.3) is 0 Å². The van der Waals surface area contributed by atoms with E-state index < -0.39 is 0 Å². The molecule has 0 saturated carbocycles. The average Bonchev–Trinajstić information content (AvgIpc) is 3.24. The summed E-state index contributed by atoms with van der Waals surface area (Å²) < 4.78 is 0. The molecule has 0 aliphatic rings. The van der Waals surface area contributed by atoms with Crippen molar-refractivity contribution < 1.29 is 0 Å². The molecule has 1 aromatic heterocycles. The highest BCUT2D eigenvalue weighted by molar-refractivity contribution is 5.97. The van der Waals surface area contributed by atoms with Crippen molar-refractivity contribution in [2.45, 2.75) is 0 Å². The molecule has 0 bridgehead atoms. The van der Waals surface area contributed by atoms with Crippen LogP contribution in [0.2, 0.25) is 0 Å². The molecule has 0 atom stereocenters. The van der Waals surface area contributed by atoms with E-state index in [1.165, 1.54) is 21.9 Å². The predicted molar refractivity (Wildman–Crippen MR) is 215 cm³/mol. The summed E-state index contributed by atoms with van der Waals surface area (Å²) in [5.41, 5.74) is 11.9. The van der Waals surface area contributed by atoms with Crippen LogP contribution in [0.25, 0.3) is 89.4 Å². The minimum Gasteiger partial charge on any atom is -0.208 e. The molecule has 0 N–H and O–H groups in total. The van der Waals surface area contributed by atoms with E-state index in [9.17, 15) is 0 Å². The second-order valence-electron chi connectivity index (χ2n) is 12.8. The zero-order valence-corrected chi connectivity index (χ0v) is 28.4. The van der Waals surface area contributed by atoms with Crippen LogP contribution in [0.1, 0.15) is 0 Å². The molecule has 8 aromatic carbocycles. The maximum absolute atomic E-state index is 5.23. The van der Waals surface area contributed by atoms with Gasteiger partial charge >= 0.3 is 0 Å². The van der Waals surface area contributed by atoms with Crippen LogP contribution >= 0.6 is 0 Å². The minimum absolute atomic E-state index is 0.625. The van der Waals surface area contributed by atoms with Crippen molar-refractivity contribution in [1.82, 2.24) is 15.0 Å². The quantitative estimate of drug-likeness (QED) is 0.170. The molecule has 3 nitrogen and oxygen atoms in total. The highest BCUT2D eigenvalue weighted by atomic mass is 15.0. The lowest BCUT2D eigenvalue weighted by Gasteiger charge is -2.17. The van der Waals surface area contributed by atoms with Crippen LogP contribution in [0.15, 0.2) is 200 Å². The molecule has 3 heteroatoms. The lowest BCUT2D eigenvalue weighted by atomic mass is 9.89. The van der Waals surface area contributed by atoms with Crippen LogP contribution in [0.3, 0.4) is 0 Å². The summed E-state index contributed by atoms with van der Waals surface area (Å²) in [5, 5.41) is 2.38. The maximum Gasteiger partial charge on any atom is 0.164 e. The Kier molecular flexibility index (Phi) is 8.20. The summed E-state index contributed by atoms with van der Waals surface area (Å²) in [4.78, 5) is 15.6. The summed E-state index contributed by atoms with van der Waals surface area (Å²) >= 11 is 0. The molecular formula is C49H33N3. The molecule has 0 aliphatic heterocycles. The number of hydrogen-bond donors (Lipinski definition) is 0. The van der Waals surface area contributed by atoms with Crippen molar-refractivity contribution in [2.75, 3.05) is 0 Å². The monoisotopic (exact) mass is 663 g/mol. The fourth-order valence-electron chi connectivity index (χ4n) is 6.89. The van der Waals surface area contributed by atoms with Gasteiger partial charge in [0.05, 0.1) is 0 Å². The zero-order chi connectivity index (χ0) is 34.7. The van der Waals surface area contributed by atoms with E-state index in [1.54, 1.807) is 0 Å². The third-order valence-corrected chi connectivity index (χ3v) is 9.56. The Bertz CT molecular complexity index is 2530. The van der Waals surface area contributed by atoms with Gasteiger partial charge < -0.3 is 0 Å². The number of nitrogens with zero attached hydrogens (tertiary/aromatic N) is 3. The minimum atomic E-state index is 0.625. The number of benzene rings is 8. The van der Waals surface area contributed by atoms with E-state index >= 15 is 0 Å². The lowest BCUT2D eigenvalue weighted by Crippen LogP contribution is -2.02. The SMILES string of the molecule is c1ccc(-c2ccc(-c3nc(-c4ccc(-c5ccccc5)cc4)nc(-c4cccc(-c5ccccc5)c4-c4ccc5ccccc5c4)n3)cc2)cc1. The molecule has 244 valence electrons. The van der Waals surface area contributed by atoms with E-state index in [0.29, 0.717) is 17.5 Å². The van der Waals surface area contributed by atoms with Gasteiger partial charge in [-0.2, -0.15) is 0 Å². The molecule has 0 aliphatic carbocycles. The van der Waals surface area contributed by atoms with Crippen molar-refractivity contribution in [1.29, 1.82) is 0 Å². The first-order valence-electron chi connectivity index (χ1n) is 17.5. The van der Waals surface area contributed by atoms with Crippen LogP contribution < -0.4 is 0 Å². The molecular weight excluding hydrogens is 631 g/mol. The summed E-state index contributed by atoms with van der Waals surface area (Å²) in [5.74, 6) is 1.88. The first-order chi connectivity index (χ1) is 25.8. The topological polar surface area (TPSA) is 38.7 Å². The molecule has 9 rings (SSSR count). The van der Waals surface area contributed by atoms with Crippen LogP contribution in [-0.2, 0) is 0 Å². The number of hydrogen-bond acceptors (Lipinski definition) is 3. The van der Waals surface area contributed by atoms with Gasteiger partial charge in [-0.15, -0.1) is 0 Å². The van der Waals surface area contributed by atoms with E-state index in [1.807, 2.05) is 12.1 Å². The second kappa shape index (κ2) is 13.7.